The molecule has 0 aliphatic carbocycles. The van der Waals surface area contributed by atoms with Crippen LogP contribution in [0.15, 0.2) is 36.4 Å². The molecule has 30 heavy (non-hydrogen) atoms. The zero-order chi connectivity index (χ0) is 22.1. The van der Waals surface area contributed by atoms with Crippen LogP contribution >= 0.6 is 0 Å². The molecule has 162 valence electrons. The number of unbranched alkanes of at least 4 members (excludes halogenated alkanes) is 1. The molecule has 0 unspecified atom stereocenters. The van der Waals surface area contributed by atoms with Gasteiger partial charge in [0.2, 0.25) is 5.82 Å². The van der Waals surface area contributed by atoms with Crippen molar-refractivity contribution in [3.8, 4) is 0 Å². The fourth-order valence-corrected chi connectivity index (χ4v) is 3.27. The van der Waals surface area contributed by atoms with E-state index in [1.807, 2.05) is 30.0 Å². The predicted octanol–water partition coefficient (Wildman–Crippen LogP) is 4.63. The summed E-state index contributed by atoms with van der Waals surface area (Å²) in [5.74, 6) is -0.331. The van der Waals surface area contributed by atoms with Crippen molar-refractivity contribution in [3.63, 3.8) is 0 Å². The van der Waals surface area contributed by atoms with Crippen LogP contribution < -0.4 is 9.80 Å². The van der Waals surface area contributed by atoms with E-state index in [-0.39, 0.29) is 24.7 Å². The monoisotopic (exact) mass is 414 g/mol. The van der Waals surface area contributed by atoms with E-state index in [9.17, 15) is 14.9 Å². The third-order valence-corrected chi connectivity index (χ3v) is 4.68. The van der Waals surface area contributed by atoms with Crippen molar-refractivity contribution in [1.82, 2.24) is 4.98 Å². The second-order valence-electron chi connectivity index (χ2n) is 6.87. The number of hydrogen-bond acceptors (Lipinski definition) is 7. The number of esters is 1. The predicted molar refractivity (Wildman–Crippen MR) is 119 cm³/mol. The SMILES string of the molecule is CCCCN(CC)c1cc(C)nc(N(CC(=O)OCC)c2ccccc2)c1[N+](=O)[O-]. The van der Waals surface area contributed by atoms with Gasteiger partial charge < -0.3 is 14.5 Å². The van der Waals surface area contributed by atoms with E-state index < -0.39 is 10.9 Å². The summed E-state index contributed by atoms with van der Waals surface area (Å²) in [7, 11) is 0. The molecule has 0 atom stereocenters. The number of nitrogens with zero attached hydrogens (tertiary/aromatic N) is 4. The van der Waals surface area contributed by atoms with Crippen LogP contribution in [0.25, 0.3) is 0 Å². The van der Waals surface area contributed by atoms with Crippen molar-refractivity contribution in [2.75, 3.05) is 36.0 Å². The molecule has 0 spiro atoms. The molecule has 1 aromatic heterocycles. The number of para-hydroxylation sites is 1. The normalized spacial score (nSPS) is 10.5. The van der Waals surface area contributed by atoms with Crippen LogP contribution in [0, 0.1) is 17.0 Å². The third kappa shape index (κ3) is 5.68. The minimum absolute atomic E-state index is 0.105. The quantitative estimate of drug-likeness (QED) is 0.301. The van der Waals surface area contributed by atoms with Gasteiger partial charge in [-0.15, -0.1) is 0 Å². The van der Waals surface area contributed by atoms with Gasteiger partial charge in [-0.1, -0.05) is 31.5 Å². The van der Waals surface area contributed by atoms with E-state index in [0.29, 0.717) is 30.2 Å². The molecule has 0 radical (unpaired) electrons. The molecule has 0 aliphatic rings. The molecule has 0 amide bonds. The average Bonchev–Trinajstić information content (AvgIpc) is 2.72. The first-order valence-electron chi connectivity index (χ1n) is 10.3. The number of rotatable bonds is 11. The molecule has 0 saturated carbocycles. The van der Waals surface area contributed by atoms with Crippen LogP contribution in [-0.2, 0) is 9.53 Å². The Morgan fingerprint density at radius 3 is 2.47 bits per heavy atom. The summed E-state index contributed by atoms with van der Waals surface area (Å²) in [5.41, 5.74) is 1.69. The van der Waals surface area contributed by atoms with Gasteiger partial charge in [0.05, 0.1) is 11.5 Å². The number of anilines is 3. The van der Waals surface area contributed by atoms with Gasteiger partial charge in [-0.05, 0) is 45.4 Å². The van der Waals surface area contributed by atoms with E-state index in [1.165, 1.54) is 0 Å². The zero-order valence-corrected chi connectivity index (χ0v) is 18.1. The molecule has 0 N–H and O–H groups in total. The summed E-state index contributed by atoms with van der Waals surface area (Å²) in [6.45, 7) is 8.99. The van der Waals surface area contributed by atoms with Crippen molar-refractivity contribution in [3.05, 3.63) is 52.2 Å². The van der Waals surface area contributed by atoms with Crippen LogP contribution in [0.5, 0.6) is 0 Å². The highest BCUT2D eigenvalue weighted by atomic mass is 16.6. The Bertz CT molecular complexity index is 858. The van der Waals surface area contributed by atoms with Crippen LogP contribution in [0.4, 0.5) is 22.9 Å². The number of ether oxygens (including phenoxy) is 1. The Kier molecular flexibility index (Phi) is 8.58. The van der Waals surface area contributed by atoms with Crippen LogP contribution in [0.1, 0.15) is 39.3 Å². The van der Waals surface area contributed by atoms with E-state index >= 15 is 0 Å². The topological polar surface area (TPSA) is 88.8 Å². The summed E-state index contributed by atoms with van der Waals surface area (Å²) in [5, 5.41) is 12.2. The summed E-state index contributed by atoms with van der Waals surface area (Å²) < 4.78 is 5.11. The standard InChI is InChI=1S/C22H30N4O4/c1-5-8-14-24(6-2)19-15-17(4)23-22(21(19)26(28)29)25(16-20(27)30-7-3)18-12-10-9-11-13-18/h9-13,15H,5-8,14,16H2,1-4H3. The molecule has 8 heteroatoms. The highest BCUT2D eigenvalue weighted by molar-refractivity contribution is 5.85. The van der Waals surface area contributed by atoms with Crippen molar-refractivity contribution in [2.24, 2.45) is 0 Å². The average molecular weight is 415 g/mol. The largest absolute Gasteiger partial charge is 0.465 e. The Balaban J connectivity index is 2.67. The minimum atomic E-state index is -0.473. The first kappa shape index (κ1) is 23.1. The second-order valence-corrected chi connectivity index (χ2v) is 6.87. The van der Waals surface area contributed by atoms with Gasteiger partial charge in [0.1, 0.15) is 12.2 Å². The van der Waals surface area contributed by atoms with Gasteiger partial charge in [-0.2, -0.15) is 0 Å². The maximum Gasteiger partial charge on any atom is 0.335 e. The fourth-order valence-electron chi connectivity index (χ4n) is 3.27. The highest BCUT2D eigenvalue weighted by Gasteiger charge is 2.31. The van der Waals surface area contributed by atoms with Crippen molar-refractivity contribution >= 4 is 28.8 Å². The lowest BCUT2D eigenvalue weighted by molar-refractivity contribution is -0.383. The van der Waals surface area contributed by atoms with Gasteiger partial charge in [0.25, 0.3) is 0 Å². The molecule has 0 fully saturated rings. The smallest absolute Gasteiger partial charge is 0.335 e. The molecule has 0 bridgehead atoms. The number of carbonyl (C=O) groups is 1. The maximum absolute atomic E-state index is 12.3. The number of benzene rings is 1. The van der Waals surface area contributed by atoms with Crippen molar-refractivity contribution < 1.29 is 14.5 Å². The molecule has 2 rings (SSSR count). The number of pyridine rings is 1. The first-order valence-corrected chi connectivity index (χ1v) is 10.3. The van der Waals surface area contributed by atoms with Crippen LogP contribution in [0.3, 0.4) is 0 Å². The van der Waals surface area contributed by atoms with Crippen LogP contribution in [0.2, 0.25) is 0 Å². The van der Waals surface area contributed by atoms with Crippen LogP contribution in [-0.4, -0.2) is 42.1 Å². The summed E-state index contributed by atoms with van der Waals surface area (Å²) in [6.07, 6.45) is 1.91. The maximum atomic E-state index is 12.3. The Morgan fingerprint density at radius 2 is 1.90 bits per heavy atom. The van der Waals surface area contributed by atoms with E-state index in [2.05, 4.69) is 11.9 Å². The molecule has 8 nitrogen and oxygen atoms in total. The summed E-state index contributed by atoms with van der Waals surface area (Å²) in [6, 6.07) is 10.8. The molecule has 0 saturated heterocycles. The van der Waals surface area contributed by atoms with Gasteiger partial charge in [-0.3, -0.25) is 14.9 Å². The lowest BCUT2D eigenvalue weighted by Gasteiger charge is -2.27. The molecule has 1 heterocycles. The van der Waals surface area contributed by atoms with Crippen molar-refractivity contribution in [1.29, 1.82) is 0 Å². The summed E-state index contributed by atoms with van der Waals surface area (Å²) in [4.78, 5) is 32.1. The van der Waals surface area contributed by atoms with E-state index in [0.717, 1.165) is 12.8 Å². The number of nitro groups is 1. The van der Waals surface area contributed by atoms with Gasteiger partial charge in [0.15, 0.2) is 0 Å². The van der Waals surface area contributed by atoms with Crippen molar-refractivity contribution in [2.45, 2.75) is 40.5 Å². The first-order chi connectivity index (χ1) is 14.4. The molecular weight excluding hydrogens is 384 g/mol. The number of hydrogen-bond donors (Lipinski definition) is 0. The molecular formula is C22H30N4O4. The number of aromatic nitrogens is 1. The lowest BCUT2D eigenvalue weighted by atomic mass is 10.2. The Hall–Kier alpha value is -3.16. The zero-order valence-electron chi connectivity index (χ0n) is 18.1. The van der Waals surface area contributed by atoms with Gasteiger partial charge >= 0.3 is 11.7 Å². The Morgan fingerprint density at radius 1 is 1.20 bits per heavy atom. The third-order valence-electron chi connectivity index (χ3n) is 4.68. The second kappa shape index (κ2) is 11.1. The number of aryl methyl sites for hydroxylation is 1. The molecule has 2 aromatic rings. The van der Waals surface area contributed by atoms with E-state index in [1.54, 1.807) is 36.9 Å². The highest BCUT2D eigenvalue weighted by Crippen LogP contribution is 2.40. The molecule has 1 aromatic carbocycles. The molecule has 0 aliphatic heterocycles. The lowest BCUT2D eigenvalue weighted by Crippen LogP contribution is -2.30. The fraction of sp³-hybridized carbons (Fsp3) is 0.455. The van der Waals surface area contributed by atoms with Gasteiger partial charge in [-0.25, -0.2) is 4.98 Å². The summed E-state index contributed by atoms with van der Waals surface area (Å²) >= 11 is 0. The number of carbonyl (C=O) groups excluding carboxylic acids is 1. The minimum Gasteiger partial charge on any atom is -0.465 e. The van der Waals surface area contributed by atoms with Gasteiger partial charge in [0, 0.05) is 24.5 Å². The Labute approximate surface area is 177 Å². The van der Waals surface area contributed by atoms with E-state index in [4.69, 9.17) is 4.74 Å².